The Morgan fingerprint density at radius 2 is 2.08 bits per heavy atom. The Balaban J connectivity index is 2.53. The highest BCUT2D eigenvalue weighted by molar-refractivity contribution is 4.99. The third kappa shape index (κ3) is 2.00. The van der Waals surface area contributed by atoms with E-state index in [0.29, 0.717) is 0 Å². The Bertz CT molecular complexity index is 171. The summed E-state index contributed by atoms with van der Waals surface area (Å²) in [5.74, 6) is 2.68. The van der Waals surface area contributed by atoms with Crippen LogP contribution in [-0.2, 0) is 0 Å². The van der Waals surface area contributed by atoms with E-state index >= 15 is 0 Å². The molecule has 1 saturated carbocycles. The standard InChI is InChI=1S/C10H16O2/c1-2-10(12)9-6-4-3-5-8(9)7-11/h1,8-12H,3-7H2/t8-,9+,10+/m0/s1. The van der Waals surface area contributed by atoms with Gasteiger partial charge in [0.1, 0.15) is 6.10 Å². The van der Waals surface area contributed by atoms with E-state index in [1.54, 1.807) is 0 Å². The van der Waals surface area contributed by atoms with Crippen LogP contribution in [0.5, 0.6) is 0 Å². The molecule has 0 heterocycles. The van der Waals surface area contributed by atoms with Gasteiger partial charge in [-0.15, -0.1) is 6.42 Å². The highest BCUT2D eigenvalue weighted by Crippen LogP contribution is 2.31. The van der Waals surface area contributed by atoms with Gasteiger partial charge in [-0.05, 0) is 18.8 Å². The van der Waals surface area contributed by atoms with Gasteiger partial charge in [-0.2, -0.15) is 0 Å². The van der Waals surface area contributed by atoms with E-state index in [2.05, 4.69) is 5.92 Å². The Labute approximate surface area is 73.6 Å². The molecule has 0 amide bonds. The molecule has 0 bridgehead atoms. The highest BCUT2D eigenvalue weighted by Gasteiger charge is 2.29. The van der Waals surface area contributed by atoms with Crippen LogP contribution in [0.25, 0.3) is 0 Å². The molecule has 2 heteroatoms. The zero-order valence-corrected chi connectivity index (χ0v) is 7.24. The summed E-state index contributed by atoms with van der Waals surface area (Å²) < 4.78 is 0. The van der Waals surface area contributed by atoms with Crippen molar-refractivity contribution >= 4 is 0 Å². The molecule has 0 aliphatic heterocycles. The molecule has 2 nitrogen and oxygen atoms in total. The van der Waals surface area contributed by atoms with Gasteiger partial charge in [-0.3, -0.25) is 0 Å². The monoisotopic (exact) mass is 168 g/mol. The quantitative estimate of drug-likeness (QED) is 0.598. The maximum atomic E-state index is 9.44. The molecule has 1 rings (SSSR count). The minimum atomic E-state index is -0.664. The van der Waals surface area contributed by atoms with Crippen LogP contribution < -0.4 is 0 Å². The first-order chi connectivity index (χ1) is 5.79. The first-order valence-corrected chi connectivity index (χ1v) is 4.54. The van der Waals surface area contributed by atoms with Crippen molar-refractivity contribution in [1.82, 2.24) is 0 Å². The third-order valence-electron chi connectivity index (χ3n) is 2.78. The van der Waals surface area contributed by atoms with E-state index in [9.17, 15) is 5.11 Å². The first kappa shape index (κ1) is 9.57. The minimum absolute atomic E-state index is 0.119. The van der Waals surface area contributed by atoms with Gasteiger partial charge >= 0.3 is 0 Å². The Hall–Kier alpha value is -0.520. The molecule has 0 aromatic heterocycles. The lowest BCUT2D eigenvalue weighted by Gasteiger charge is -2.31. The van der Waals surface area contributed by atoms with E-state index in [-0.39, 0.29) is 18.4 Å². The Morgan fingerprint density at radius 3 is 2.67 bits per heavy atom. The number of rotatable bonds is 2. The zero-order chi connectivity index (χ0) is 8.97. The maximum Gasteiger partial charge on any atom is 0.117 e. The van der Waals surface area contributed by atoms with Crippen molar-refractivity contribution in [2.45, 2.75) is 31.8 Å². The molecule has 1 aliphatic carbocycles. The molecular formula is C10H16O2. The molecule has 3 atom stereocenters. The fourth-order valence-electron chi connectivity index (χ4n) is 2.00. The van der Waals surface area contributed by atoms with Crippen LogP contribution in [-0.4, -0.2) is 22.9 Å². The van der Waals surface area contributed by atoms with Crippen LogP contribution in [0.1, 0.15) is 25.7 Å². The summed E-state index contributed by atoms with van der Waals surface area (Å²) in [7, 11) is 0. The summed E-state index contributed by atoms with van der Waals surface area (Å²) in [6.45, 7) is 0.156. The highest BCUT2D eigenvalue weighted by atomic mass is 16.3. The smallest absolute Gasteiger partial charge is 0.117 e. The summed E-state index contributed by atoms with van der Waals surface area (Å²) in [6.07, 6.45) is 8.71. The molecule has 1 aliphatic rings. The Kier molecular flexibility index (Phi) is 3.58. The normalized spacial score (nSPS) is 32.4. The van der Waals surface area contributed by atoms with Gasteiger partial charge in [0, 0.05) is 12.5 Å². The molecule has 0 aromatic rings. The maximum absolute atomic E-state index is 9.44. The lowest BCUT2D eigenvalue weighted by Crippen LogP contribution is -2.31. The fourth-order valence-corrected chi connectivity index (χ4v) is 2.00. The predicted molar refractivity (Wildman–Crippen MR) is 47.4 cm³/mol. The van der Waals surface area contributed by atoms with Crippen molar-refractivity contribution < 1.29 is 10.2 Å². The average Bonchev–Trinajstić information content (AvgIpc) is 2.16. The molecule has 0 spiro atoms. The van der Waals surface area contributed by atoms with Crippen LogP contribution >= 0.6 is 0 Å². The molecule has 0 aromatic carbocycles. The van der Waals surface area contributed by atoms with E-state index in [1.165, 1.54) is 0 Å². The third-order valence-corrected chi connectivity index (χ3v) is 2.78. The topological polar surface area (TPSA) is 40.5 Å². The second kappa shape index (κ2) is 4.49. The molecule has 1 fully saturated rings. The largest absolute Gasteiger partial charge is 0.396 e. The summed E-state index contributed by atoms with van der Waals surface area (Å²) in [4.78, 5) is 0. The van der Waals surface area contributed by atoms with Gasteiger partial charge in [0.2, 0.25) is 0 Å². The number of hydrogen-bond donors (Lipinski definition) is 2. The average molecular weight is 168 g/mol. The number of aliphatic hydroxyl groups is 2. The van der Waals surface area contributed by atoms with Crippen molar-refractivity contribution in [2.75, 3.05) is 6.61 Å². The second-order valence-electron chi connectivity index (χ2n) is 3.50. The van der Waals surface area contributed by atoms with E-state index in [4.69, 9.17) is 11.5 Å². The van der Waals surface area contributed by atoms with E-state index < -0.39 is 6.10 Å². The molecule has 2 N–H and O–H groups in total. The van der Waals surface area contributed by atoms with Gasteiger partial charge in [0.05, 0.1) is 0 Å². The first-order valence-electron chi connectivity index (χ1n) is 4.54. The Morgan fingerprint density at radius 1 is 1.42 bits per heavy atom. The van der Waals surface area contributed by atoms with E-state index in [1.807, 2.05) is 0 Å². The molecular weight excluding hydrogens is 152 g/mol. The number of hydrogen-bond acceptors (Lipinski definition) is 2. The minimum Gasteiger partial charge on any atom is -0.396 e. The van der Waals surface area contributed by atoms with Crippen LogP contribution in [0.2, 0.25) is 0 Å². The van der Waals surface area contributed by atoms with Crippen LogP contribution in [0.4, 0.5) is 0 Å². The summed E-state index contributed by atoms with van der Waals surface area (Å²) in [5.41, 5.74) is 0. The van der Waals surface area contributed by atoms with Gasteiger partial charge < -0.3 is 10.2 Å². The summed E-state index contributed by atoms with van der Waals surface area (Å²) in [5, 5.41) is 18.5. The van der Waals surface area contributed by atoms with Crippen molar-refractivity contribution in [1.29, 1.82) is 0 Å². The van der Waals surface area contributed by atoms with Crippen molar-refractivity contribution in [2.24, 2.45) is 11.8 Å². The zero-order valence-electron chi connectivity index (χ0n) is 7.24. The van der Waals surface area contributed by atoms with Gasteiger partial charge in [-0.25, -0.2) is 0 Å². The predicted octanol–water partition coefficient (Wildman–Crippen LogP) is 0.779. The van der Waals surface area contributed by atoms with Gasteiger partial charge in [-0.1, -0.05) is 18.8 Å². The van der Waals surface area contributed by atoms with Crippen LogP contribution in [0, 0.1) is 24.2 Å². The van der Waals surface area contributed by atoms with Crippen molar-refractivity contribution in [3.63, 3.8) is 0 Å². The summed E-state index contributed by atoms with van der Waals surface area (Å²) in [6, 6.07) is 0. The van der Waals surface area contributed by atoms with Gasteiger partial charge in [0.15, 0.2) is 0 Å². The lowest BCUT2D eigenvalue weighted by atomic mass is 9.77. The summed E-state index contributed by atoms with van der Waals surface area (Å²) >= 11 is 0. The molecule has 68 valence electrons. The van der Waals surface area contributed by atoms with Crippen LogP contribution in [0.15, 0.2) is 0 Å². The molecule has 12 heavy (non-hydrogen) atoms. The number of aliphatic hydroxyl groups excluding tert-OH is 2. The van der Waals surface area contributed by atoms with Crippen molar-refractivity contribution in [3.05, 3.63) is 0 Å². The van der Waals surface area contributed by atoms with Gasteiger partial charge in [0.25, 0.3) is 0 Å². The number of terminal acetylenes is 1. The molecule has 0 radical (unpaired) electrons. The fraction of sp³-hybridized carbons (Fsp3) is 0.800. The lowest BCUT2D eigenvalue weighted by molar-refractivity contribution is 0.0547. The van der Waals surface area contributed by atoms with Crippen molar-refractivity contribution in [3.8, 4) is 12.3 Å². The van der Waals surface area contributed by atoms with E-state index in [0.717, 1.165) is 25.7 Å². The molecule has 0 saturated heterocycles. The SMILES string of the molecule is C#C[C@@H](O)[C@@H]1CCCC[C@H]1CO. The van der Waals surface area contributed by atoms with Crippen LogP contribution in [0.3, 0.4) is 0 Å². The second-order valence-corrected chi connectivity index (χ2v) is 3.50. The molecule has 0 unspecified atom stereocenters.